The van der Waals surface area contributed by atoms with E-state index in [2.05, 4.69) is 81.6 Å². The molecule has 0 aliphatic heterocycles. The molecule has 0 saturated heterocycles. The van der Waals surface area contributed by atoms with Crippen LogP contribution in [0.3, 0.4) is 0 Å². The fourth-order valence-corrected chi connectivity index (χ4v) is 14.3. The van der Waals surface area contributed by atoms with Gasteiger partial charge < -0.3 is 0 Å². The third-order valence-corrected chi connectivity index (χ3v) is 23.0. The Balaban J connectivity index is 0.000000124. The first-order chi connectivity index (χ1) is 56.9. The molecule has 6 aromatic heterocycles. The van der Waals surface area contributed by atoms with Crippen molar-refractivity contribution in [3.05, 3.63) is 285 Å². The standard InChI is InChI=1S/2C16H10N4.4C14H8Cl2F2N2/c1-9-4-11(8-17)15-13(6-9)20-16-12(18-3)5-10(2)7-14(16)19-15;1-9-4-6-12-15(11(9)8-17)19-13-7-5-10(2)14(18-3)16(13)20-12;1-5-7(17)3-9-13(11(5)15)19-10-4-8(18)6(2)12(16)14(10)20-9;1-5-7(15)3-9-13(11(5)17)19-10-4-8(16)6(2)12(18)14(10)20-9;1-5-3-7-13(11(17)9(5)15)20-8-4-6(2)10(16)12(18)14(8)19-7;1-5-3-7(17)11-13(9(5)15)19-12-8(18)4-6(2)10(16)14(12)20-11/h2*4-7H,1-2H3;4*3-4H,1-2H3. The van der Waals surface area contributed by atoms with Gasteiger partial charge in [0.15, 0.2) is 34.9 Å². The maximum Gasteiger partial charge on any atom is 0.217 e. The minimum Gasteiger partial charge on any atom is -0.256 e. The predicted octanol–water partition coefficient (Wildman–Crippen LogP) is 27.6. The SMILES string of the molecule is Cc1c(Cl)cc2nc3c(F)c(C)c(Cl)cc3nc2c1F.Cc1c(F)cc2nc3c(Cl)c(C)c(F)cc3nc2c1Cl.Cc1cc(F)c2nc3c(Cl)c(C)cc(F)c3nc2c1Cl.Cc1cc2nc3c(F)c(Cl)c(C)cc3nc2c(F)c1Cl.[C-]#[N+]c1c(C)ccc2nc3c(C#N)c(C)ccc3nc12.[C-]#[N+]c1cc(C)cc2nc3c(C#N)cc(C)cc3nc12. The Morgan fingerprint density at radius 2 is 0.633 bits per heavy atom. The number of halogens is 16. The maximum absolute atomic E-state index is 14.2. The lowest BCUT2D eigenvalue weighted by atomic mass is 10.1. The zero-order valence-electron chi connectivity index (χ0n) is 64.4. The van der Waals surface area contributed by atoms with E-state index in [-0.39, 0.29) is 129 Å². The van der Waals surface area contributed by atoms with Crippen LogP contribution in [0.2, 0.25) is 40.2 Å². The smallest absolute Gasteiger partial charge is 0.217 e. The van der Waals surface area contributed by atoms with Crippen molar-refractivity contribution in [3.8, 4) is 12.1 Å². The first-order valence-corrected chi connectivity index (χ1v) is 38.5. The van der Waals surface area contributed by atoms with E-state index in [4.69, 9.17) is 106 Å². The van der Waals surface area contributed by atoms with Crippen LogP contribution in [0.15, 0.2) is 97.1 Å². The summed E-state index contributed by atoms with van der Waals surface area (Å²) in [5.74, 6) is -4.47. The van der Waals surface area contributed by atoms with Gasteiger partial charge in [-0.3, -0.25) is 9.97 Å². The molecule has 120 heavy (non-hydrogen) atoms. The van der Waals surface area contributed by atoms with Crippen LogP contribution < -0.4 is 0 Å². The number of nitrogens with zero attached hydrogens (tertiary/aromatic N) is 16. The largest absolute Gasteiger partial charge is 0.256 e. The third-order valence-electron chi connectivity index (χ3n) is 19.4. The van der Waals surface area contributed by atoms with Gasteiger partial charge in [0.2, 0.25) is 11.4 Å². The number of nitriles is 2. The number of rotatable bonds is 0. The second-order valence-electron chi connectivity index (χ2n) is 27.8. The van der Waals surface area contributed by atoms with Crippen molar-refractivity contribution in [2.75, 3.05) is 0 Å². The number of aryl methyl sites for hydroxylation is 8. The molecule has 0 aliphatic carbocycles. The van der Waals surface area contributed by atoms with Crippen molar-refractivity contribution < 1.29 is 35.1 Å². The number of fused-ring (bicyclic) bond motifs is 12. The molecule has 596 valence electrons. The van der Waals surface area contributed by atoms with Crippen LogP contribution in [0.25, 0.3) is 142 Å². The number of hydrogen-bond acceptors (Lipinski definition) is 14. The summed E-state index contributed by atoms with van der Waals surface area (Å²) in [6, 6.07) is 30.2. The molecule has 0 bridgehead atoms. The summed E-state index contributed by atoms with van der Waals surface area (Å²) < 4.78 is 112. The molecule has 16 nitrogen and oxygen atoms in total. The third kappa shape index (κ3) is 16.0. The fourth-order valence-electron chi connectivity index (χ4n) is 12.8. The van der Waals surface area contributed by atoms with Gasteiger partial charge in [-0.05, 0) is 189 Å². The molecular formula is C88H52Cl8F8N16. The molecule has 0 amide bonds. The van der Waals surface area contributed by atoms with Crippen molar-refractivity contribution >= 4 is 237 Å². The monoisotopic (exact) mass is 1760 g/mol. The fraction of sp³-hybridized carbons (Fsp3) is 0.136. The molecule has 0 unspecified atom stereocenters. The van der Waals surface area contributed by atoms with Gasteiger partial charge in [0, 0.05) is 44.4 Å². The van der Waals surface area contributed by atoms with Gasteiger partial charge in [0.25, 0.3) is 0 Å². The lowest BCUT2D eigenvalue weighted by Gasteiger charge is -2.09. The van der Waals surface area contributed by atoms with Gasteiger partial charge in [-0.2, -0.15) is 10.5 Å². The zero-order valence-corrected chi connectivity index (χ0v) is 70.5. The van der Waals surface area contributed by atoms with Crippen LogP contribution in [0, 0.1) is 165 Å². The summed E-state index contributed by atoms with van der Waals surface area (Å²) in [5.41, 5.74) is 16.5. The molecular weight excluding hydrogens is 1720 g/mol. The molecule has 32 heteroatoms. The van der Waals surface area contributed by atoms with Crippen molar-refractivity contribution in [2.24, 2.45) is 0 Å². The van der Waals surface area contributed by atoms with E-state index in [1.807, 2.05) is 64.1 Å². The molecule has 0 saturated carbocycles. The molecule has 18 rings (SSSR count). The Morgan fingerprint density at radius 3 is 1.07 bits per heavy atom. The average Bonchev–Trinajstić information content (AvgIpc) is 0.782. The molecule has 0 spiro atoms. The summed E-state index contributed by atoms with van der Waals surface area (Å²) in [5, 5.41) is 19.8. The Labute approximate surface area is 716 Å². The molecule has 0 N–H and O–H groups in total. The van der Waals surface area contributed by atoms with Crippen LogP contribution >= 0.6 is 92.8 Å². The highest BCUT2D eigenvalue weighted by molar-refractivity contribution is 6.39. The van der Waals surface area contributed by atoms with Crippen LogP contribution in [0.1, 0.15) is 77.9 Å². The van der Waals surface area contributed by atoms with Gasteiger partial charge in [-0.15, -0.1) is 0 Å². The van der Waals surface area contributed by atoms with E-state index in [0.29, 0.717) is 111 Å². The van der Waals surface area contributed by atoms with Crippen LogP contribution in [0.4, 0.5) is 46.5 Å². The highest BCUT2D eigenvalue weighted by Crippen LogP contribution is 2.39. The average molecular weight is 1770 g/mol. The van der Waals surface area contributed by atoms with E-state index >= 15 is 0 Å². The second kappa shape index (κ2) is 34.0. The number of hydrogen-bond donors (Lipinski definition) is 0. The van der Waals surface area contributed by atoms with Crippen molar-refractivity contribution in [1.29, 1.82) is 10.5 Å². The van der Waals surface area contributed by atoms with E-state index in [9.17, 15) is 45.6 Å². The van der Waals surface area contributed by atoms with Crippen molar-refractivity contribution in [1.82, 2.24) is 59.8 Å². The van der Waals surface area contributed by atoms with Gasteiger partial charge in [-0.1, -0.05) is 117 Å². The molecule has 0 fully saturated rings. The first kappa shape index (κ1) is 85.8. The predicted molar refractivity (Wildman–Crippen MR) is 461 cm³/mol. The van der Waals surface area contributed by atoms with Gasteiger partial charge in [-0.25, -0.2) is 94.7 Å². The Morgan fingerprint density at radius 1 is 0.275 bits per heavy atom. The van der Waals surface area contributed by atoms with Crippen molar-refractivity contribution in [2.45, 2.75) is 83.1 Å². The Bertz CT molecular complexity index is 6950. The maximum atomic E-state index is 14.2. The second-order valence-corrected chi connectivity index (χ2v) is 30.8. The molecule has 0 aliphatic rings. The lowest BCUT2D eigenvalue weighted by molar-refractivity contribution is 0.619. The van der Waals surface area contributed by atoms with Crippen molar-refractivity contribution in [3.63, 3.8) is 0 Å². The van der Waals surface area contributed by atoms with Crippen LogP contribution in [-0.4, -0.2) is 59.8 Å². The summed E-state index contributed by atoms with van der Waals surface area (Å²) >= 11 is 47.9. The van der Waals surface area contributed by atoms with E-state index < -0.39 is 46.5 Å². The molecule has 0 atom stereocenters. The topological polar surface area (TPSA) is 211 Å². The first-order valence-electron chi connectivity index (χ1n) is 35.5. The molecule has 0 radical (unpaired) electrons. The minimum absolute atomic E-state index is 0.00249. The van der Waals surface area contributed by atoms with Crippen LogP contribution in [0.5, 0.6) is 0 Å². The van der Waals surface area contributed by atoms with E-state index in [0.717, 1.165) is 22.3 Å². The molecule has 6 heterocycles. The Hall–Kier alpha value is -12.0. The van der Waals surface area contributed by atoms with Gasteiger partial charge in [0.05, 0.1) is 121 Å². The molecule has 12 aromatic carbocycles. The summed E-state index contributed by atoms with van der Waals surface area (Å²) in [6.07, 6.45) is 0. The summed E-state index contributed by atoms with van der Waals surface area (Å²) in [4.78, 5) is 58.4. The highest BCUT2D eigenvalue weighted by Gasteiger charge is 2.24. The zero-order chi connectivity index (χ0) is 87.0. The van der Waals surface area contributed by atoms with E-state index in [1.165, 1.54) is 36.4 Å². The van der Waals surface area contributed by atoms with Gasteiger partial charge >= 0.3 is 0 Å². The lowest BCUT2D eigenvalue weighted by Crippen LogP contribution is -1.97. The summed E-state index contributed by atoms with van der Waals surface area (Å²) in [7, 11) is 0. The minimum atomic E-state index is -0.649. The van der Waals surface area contributed by atoms with E-state index in [1.54, 1.807) is 79.7 Å². The van der Waals surface area contributed by atoms with Crippen LogP contribution in [-0.2, 0) is 0 Å². The molecule has 18 aromatic rings. The number of aromatic nitrogens is 12. The summed E-state index contributed by atoms with van der Waals surface area (Å²) in [6.45, 7) is 34.9. The highest BCUT2D eigenvalue weighted by atomic mass is 35.5. The Kier molecular flexibility index (Phi) is 24.3. The van der Waals surface area contributed by atoms with Gasteiger partial charge in [0.1, 0.15) is 90.0 Å². The number of benzene rings is 12. The normalized spacial score (nSPS) is 11.1. The quantitative estimate of drug-likeness (QED) is 0.0785.